The third-order valence-corrected chi connectivity index (χ3v) is 6.22. The molecule has 144 valence electrons. The maximum absolute atomic E-state index is 13.2. The van der Waals surface area contributed by atoms with Gasteiger partial charge >= 0.3 is 0 Å². The van der Waals surface area contributed by atoms with Crippen LogP contribution in [-0.4, -0.2) is 11.8 Å². The molecule has 3 aromatic carbocycles. The van der Waals surface area contributed by atoms with E-state index in [9.17, 15) is 9.59 Å². The van der Waals surface area contributed by atoms with Crippen LogP contribution in [0.5, 0.6) is 0 Å². The van der Waals surface area contributed by atoms with Crippen molar-refractivity contribution in [2.45, 2.75) is 11.8 Å². The van der Waals surface area contributed by atoms with Crippen LogP contribution in [0.25, 0.3) is 0 Å². The number of nitrogens with one attached hydrogen (secondary N) is 1. The quantitative estimate of drug-likeness (QED) is 0.358. The number of aryl methyl sites for hydroxylation is 1. The molecule has 0 saturated heterocycles. The summed E-state index contributed by atoms with van der Waals surface area (Å²) in [6, 6.07) is 24.6. The van der Waals surface area contributed by atoms with Gasteiger partial charge in [0, 0.05) is 14.2 Å². The van der Waals surface area contributed by atoms with Crippen molar-refractivity contribution < 1.29 is 9.59 Å². The Morgan fingerprint density at radius 2 is 1.48 bits per heavy atom. The molecular formula is C23H17IN2O2S. The number of amides is 2. The molecule has 0 bridgehead atoms. The highest BCUT2D eigenvalue weighted by Crippen LogP contribution is 2.37. The first-order valence-electron chi connectivity index (χ1n) is 8.98. The highest BCUT2D eigenvalue weighted by molar-refractivity contribution is 14.1. The average molecular weight is 512 g/mol. The van der Waals surface area contributed by atoms with Gasteiger partial charge in [-0.1, -0.05) is 47.7 Å². The van der Waals surface area contributed by atoms with Gasteiger partial charge < -0.3 is 5.32 Å². The van der Waals surface area contributed by atoms with E-state index in [0.29, 0.717) is 16.3 Å². The summed E-state index contributed by atoms with van der Waals surface area (Å²) < 4.78 is 1.09. The van der Waals surface area contributed by atoms with Crippen LogP contribution in [0.4, 0.5) is 11.4 Å². The normalized spacial score (nSPS) is 13.9. The van der Waals surface area contributed by atoms with Gasteiger partial charge in [-0.3, -0.25) is 9.59 Å². The lowest BCUT2D eigenvalue weighted by Crippen LogP contribution is -2.32. The number of rotatable bonds is 5. The summed E-state index contributed by atoms with van der Waals surface area (Å²) in [5.41, 5.74) is 2.76. The van der Waals surface area contributed by atoms with E-state index in [1.807, 2.05) is 73.7 Å². The second-order valence-electron chi connectivity index (χ2n) is 6.53. The second-order valence-corrected chi connectivity index (χ2v) is 8.86. The lowest BCUT2D eigenvalue weighted by Gasteiger charge is -2.15. The average Bonchev–Trinajstić information content (AvgIpc) is 2.96. The Morgan fingerprint density at radius 3 is 2.14 bits per heavy atom. The van der Waals surface area contributed by atoms with Crippen LogP contribution < -0.4 is 10.2 Å². The van der Waals surface area contributed by atoms with Crippen LogP contribution in [-0.2, 0) is 9.59 Å². The van der Waals surface area contributed by atoms with Gasteiger partial charge in [0.2, 0.25) is 0 Å². The number of hydrogen-bond acceptors (Lipinski definition) is 4. The molecule has 1 heterocycles. The Labute approximate surface area is 187 Å². The Hall–Kier alpha value is -2.58. The van der Waals surface area contributed by atoms with Crippen molar-refractivity contribution in [3.63, 3.8) is 0 Å². The van der Waals surface area contributed by atoms with E-state index in [4.69, 9.17) is 0 Å². The van der Waals surface area contributed by atoms with Crippen molar-refractivity contribution in [1.82, 2.24) is 0 Å². The molecule has 6 heteroatoms. The van der Waals surface area contributed by atoms with Crippen LogP contribution in [0.15, 0.2) is 94.4 Å². The van der Waals surface area contributed by atoms with Crippen molar-refractivity contribution in [2.24, 2.45) is 0 Å². The number of thioether (sulfide) groups is 1. The molecular weight excluding hydrogens is 495 g/mol. The minimum absolute atomic E-state index is 0.297. The third-order valence-electron chi connectivity index (χ3n) is 4.41. The number of para-hydroxylation sites is 1. The fourth-order valence-electron chi connectivity index (χ4n) is 2.93. The van der Waals surface area contributed by atoms with Gasteiger partial charge in [-0.15, -0.1) is 0 Å². The standard InChI is InChI=1S/C23H17IN2O2S/c1-15-7-13-19(14-8-15)29-21-20(25-17-11-9-16(24)10-12-17)22(27)26(23(21)28)18-5-3-2-4-6-18/h2-14,25H,1H3. The van der Waals surface area contributed by atoms with Gasteiger partial charge in [0.15, 0.2) is 0 Å². The molecule has 0 unspecified atom stereocenters. The fourth-order valence-corrected chi connectivity index (χ4v) is 4.21. The fraction of sp³-hybridized carbons (Fsp3) is 0.0435. The molecule has 29 heavy (non-hydrogen) atoms. The number of halogens is 1. The molecule has 4 rings (SSSR count). The molecule has 1 aliphatic rings. The number of carbonyl (C=O) groups excluding carboxylic acids is 2. The van der Waals surface area contributed by atoms with Crippen molar-refractivity contribution in [1.29, 1.82) is 0 Å². The first-order valence-corrected chi connectivity index (χ1v) is 10.9. The topological polar surface area (TPSA) is 49.4 Å². The maximum Gasteiger partial charge on any atom is 0.283 e. The van der Waals surface area contributed by atoms with E-state index in [2.05, 4.69) is 27.9 Å². The van der Waals surface area contributed by atoms with Gasteiger partial charge in [-0.25, -0.2) is 4.90 Å². The molecule has 1 aliphatic heterocycles. The van der Waals surface area contributed by atoms with E-state index in [0.717, 1.165) is 19.7 Å². The second kappa shape index (κ2) is 8.42. The number of anilines is 2. The zero-order valence-electron chi connectivity index (χ0n) is 15.6. The van der Waals surface area contributed by atoms with Gasteiger partial charge in [0.05, 0.1) is 5.69 Å². The largest absolute Gasteiger partial charge is 0.350 e. The maximum atomic E-state index is 13.2. The van der Waals surface area contributed by atoms with E-state index in [1.165, 1.54) is 16.7 Å². The molecule has 4 nitrogen and oxygen atoms in total. The lowest BCUT2D eigenvalue weighted by atomic mass is 10.2. The molecule has 2 amide bonds. The van der Waals surface area contributed by atoms with Crippen molar-refractivity contribution in [2.75, 3.05) is 10.2 Å². The van der Waals surface area contributed by atoms with Crippen LogP contribution in [0.3, 0.4) is 0 Å². The molecule has 1 N–H and O–H groups in total. The number of hydrogen-bond donors (Lipinski definition) is 1. The molecule has 0 fully saturated rings. The van der Waals surface area contributed by atoms with Gasteiger partial charge in [0.1, 0.15) is 10.6 Å². The summed E-state index contributed by atoms with van der Waals surface area (Å²) in [6.07, 6.45) is 0. The van der Waals surface area contributed by atoms with Crippen LogP contribution in [0.2, 0.25) is 0 Å². The molecule has 0 aromatic heterocycles. The highest BCUT2D eigenvalue weighted by atomic mass is 127. The Kier molecular flexibility index (Phi) is 5.73. The van der Waals surface area contributed by atoms with Crippen LogP contribution >= 0.6 is 34.4 Å². The van der Waals surface area contributed by atoms with Crippen LogP contribution in [0, 0.1) is 10.5 Å². The van der Waals surface area contributed by atoms with E-state index in [-0.39, 0.29) is 11.8 Å². The summed E-state index contributed by atoms with van der Waals surface area (Å²) >= 11 is 3.53. The number of nitrogens with zero attached hydrogens (tertiary/aromatic N) is 1. The molecule has 0 saturated carbocycles. The van der Waals surface area contributed by atoms with Gasteiger partial charge in [-0.2, -0.15) is 0 Å². The molecule has 0 aliphatic carbocycles. The zero-order chi connectivity index (χ0) is 20.4. The molecule has 0 spiro atoms. The minimum atomic E-state index is -0.352. The molecule has 0 radical (unpaired) electrons. The summed E-state index contributed by atoms with van der Waals surface area (Å²) in [5, 5.41) is 3.17. The zero-order valence-corrected chi connectivity index (χ0v) is 18.5. The monoisotopic (exact) mass is 512 g/mol. The summed E-state index contributed by atoms with van der Waals surface area (Å²) in [4.78, 5) is 29.0. The number of benzene rings is 3. The molecule has 3 aromatic rings. The summed E-state index contributed by atoms with van der Waals surface area (Å²) in [7, 11) is 0. The lowest BCUT2D eigenvalue weighted by molar-refractivity contribution is -0.120. The van der Waals surface area contributed by atoms with Crippen molar-refractivity contribution >= 4 is 57.5 Å². The number of imide groups is 1. The Morgan fingerprint density at radius 1 is 0.828 bits per heavy atom. The highest BCUT2D eigenvalue weighted by Gasteiger charge is 2.40. The minimum Gasteiger partial charge on any atom is -0.350 e. The number of carbonyl (C=O) groups is 2. The van der Waals surface area contributed by atoms with Crippen molar-refractivity contribution in [3.05, 3.63) is 98.6 Å². The van der Waals surface area contributed by atoms with Crippen LogP contribution in [0.1, 0.15) is 5.56 Å². The Balaban J connectivity index is 1.73. The smallest absolute Gasteiger partial charge is 0.283 e. The summed E-state index contributed by atoms with van der Waals surface area (Å²) in [6.45, 7) is 2.01. The SMILES string of the molecule is Cc1ccc(SC2=C(Nc3ccc(I)cc3)C(=O)N(c3ccccc3)C2=O)cc1. The Bertz CT molecular complexity index is 1020. The summed E-state index contributed by atoms with van der Waals surface area (Å²) in [5.74, 6) is -0.672. The predicted molar refractivity (Wildman–Crippen MR) is 126 cm³/mol. The van der Waals surface area contributed by atoms with Gasteiger partial charge in [-0.05, 0) is 78.0 Å². The predicted octanol–water partition coefficient (Wildman–Crippen LogP) is 5.59. The van der Waals surface area contributed by atoms with E-state index >= 15 is 0 Å². The molecule has 0 atom stereocenters. The van der Waals surface area contributed by atoms with E-state index < -0.39 is 0 Å². The third kappa shape index (κ3) is 4.23. The van der Waals surface area contributed by atoms with Crippen molar-refractivity contribution in [3.8, 4) is 0 Å². The first kappa shape index (κ1) is 19.7. The van der Waals surface area contributed by atoms with Gasteiger partial charge in [0.25, 0.3) is 11.8 Å². The van der Waals surface area contributed by atoms with E-state index in [1.54, 1.807) is 12.1 Å². The first-order chi connectivity index (χ1) is 14.0.